The Hall–Kier alpha value is -2.46. The average molecular weight is 334 g/mol. The van der Waals surface area contributed by atoms with Gasteiger partial charge in [-0.05, 0) is 16.7 Å². The molecule has 0 aliphatic rings. The molecule has 0 fully saturated rings. The molecule has 128 valence electrons. The monoisotopic (exact) mass is 334 g/mol. The van der Waals surface area contributed by atoms with Crippen molar-refractivity contribution in [3.05, 3.63) is 108 Å². The van der Waals surface area contributed by atoms with Gasteiger partial charge >= 0.3 is 0 Å². The van der Waals surface area contributed by atoms with E-state index in [2.05, 4.69) is 0 Å². The normalized spacial score (nSPS) is 12.1. The van der Waals surface area contributed by atoms with Gasteiger partial charge in [0.2, 0.25) is 0 Å². The fourth-order valence-corrected chi connectivity index (χ4v) is 3.50. The van der Waals surface area contributed by atoms with Crippen molar-refractivity contribution in [2.75, 3.05) is 14.2 Å². The van der Waals surface area contributed by atoms with Crippen molar-refractivity contribution < 1.29 is 14.6 Å². The first-order valence-corrected chi connectivity index (χ1v) is 8.18. The van der Waals surface area contributed by atoms with Crippen LogP contribution in [-0.4, -0.2) is 25.3 Å². The lowest BCUT2D eigenvalue weighted by Crippen LogP contribution is -2.56. The van der Waals surface area contributed by atoms with Gasteiger partial charge in [0.15, 0.2) is 0 Å². The highest BCUT2D eigenvalue weighted by Crippen LogP contribution is 2.48. The van der Waals surface area contributed by atoms with Gasteiger partial charge in [-0.15, -0.1) is 0 Å². The maximum atomic E-state index is 11.5. The lowest BCUT2D eigenvalue weighted by molar-refractivity contribution is -0.363. The van der Waals surface area contributed by atoms with Crippen LogP contribution in [0.5, 0.6) is 0 Å². The first-order chi connectivity index (χ1) is 12.2. The molecule has 0 saturated heterocycles. The second kappa shape index (κ2) is 7.19. The number of rotatable bonds is 6. The number of benzene rings is 3. The molecule has 3 aromatic carbocycles. The third-order valence-corrected chi connectivity index (χ3v) is 4.65. The zero-order valence-electron chi connectivity index (χ0n) is 14.4. The van der Waals surface area contributed by atoms with E-state index in [1.807, 2.05) is 91.0 Å². The Labute approximate surface area is 148 Å². The molecule has 3 heteroatoms. The van der Waals surface area contributed by atoms with E-state index in [1.54, 1.807) is 0 Å². The van der Waals surface area contributed by atoms with Crippen molar-refractivity contribution in [1.82, 2.24) is 0 Å². The molecule has 3 rings (SSSR count). The zero-order chi connectivity index (χ0) is 17.8. The predicted molar refractivity (Wildman–Crippen MR) is 98.2 cm³/mol. The molecule has 25 heavy (non-hydrogen) atoms. The molecule has 0 amide bonds. The van der Waals surface area contributed by atoms with Crippen molar-refractivity contribution >= 4 is 0 Å². The molecule has 3 nitrogen and oxygen atoms in total. The third-order valence-electron chi connectivity index (χ3n) is 4.65. The standard InChI is InChI=1S/C22H22O3/c1-24-22(23,25-2)21(18-12-6-3-7-13-18,19-14-8-4-9-15-19)20-16-10-5-11-17-20/h3-17,23H,1-2H3. The summed E-state index contributed by atoms with van der Waals surface area (Å²) in [5.74, 6) is -1.89. The first-order valence-electron chi connectivity index (χ1n) is 8.18. The molecule has 1 N–H and O–H groups in total. The van der Waals surface area contributed by atoms with Crippen LogP contribution in [0.3, 0.4) is 0 Å². The van der Waals surface area contributed by atoms with Gasteiger partial charge in [-0.2, -0.15) is 0 Å². The second-order valence-corrected chi connectivity index (χ2v) is 5.84. The van der Waals surface area contributed by atoms with Crippen LogP contribution in [-0.2, 0) is 14.9 Å². The molecule has 0 spiro atoms. The summed E-state index contributed by atoms with van der Waals surface area (Å²) in [5.41, 5.74) is 1.57. The molecule has 3 aromatic rings. The molecule has 0 heterocycles. The van der Waals surface area contributed by atoms with Crippen LogP contribution >= 0.6 is 0 Å². The van der Waals surface area contributed by atoms with Crippen LogP contribution in [0.15, 0.2) is 91.0 Å². The fraction of sp³-hybridized carbons (Fsp3) is 0.182. The number of aliphatic hydroxyl groups is 1. The SMILES string of the molecule is COC(O)(OC)C(c1ccccc1)(c1ccccc1)c1ccccc1. The highest BCUT2D eigenvalue weighted by Gasteiger charge is 2.56. The van der Waals surface area contributed by atoms with E-state index < -0.39 is 11.4 Å². The molecule has 0 aliphatic carbocycles. The first kappa shape index (κ1) is 17.4. The molecule has 0 aromatic heterocycles. The maximum Gasteiger partial charge on any atom is 0.298 e. The van der Waals surface area contributed by atoms with Crippen LogP contribution in [0.4, 0.5) is 0 Å². The van der Waals surface area contributed by atoms with E-state index in [0.717, 1.165) is 16.7 Å². The summed E-state index contributed by atoms with van der Waals surface area (Å²) in [6.07, 6.45) is 0. The Morgan fingerprint density at radius 1 is 0.560 bits per heavy atom. The number of hydrogen-bond donors (Lipinski definition) is 1. The van der Waals surface area contributed by atoms with E-state index >= 15 is 0 Å². The van der Waals surface area contributed by atoms with Crippen LogP contribution in [0.1, 0.15) is 16.7 Å². The van der Waals surface area contributed by atoms with Crippen LogP contribution < -0.4 is 0 Å². The minimum Gasteiger partial charge on any atom is -0.342 e. The Balaban J connectivity index is 2.45. The van der Waals surface area contributed by atoms with Gasteiger partial charge in [0.25, 0.3) is 5.97 Å². The predicted octanol–water partition coefficient (Wildman–Crippen LogP) is 3.96. The van der Waals surface area contributed by atoms with Crippen molar-refractivity contribution in [3.63, 3.8) is 0 Å². The van der Waals surface area contributed by atoms with E-state index in [9.17, 15) is 5.11 Å². The van der Waals surface area contributed by atoms with Crippen LogP contribution in [0.2, 0.25) is 0 Å². The lowest BCUT2D eigenvalue weighted by Gasteiger charge is -2.45. The van der Waals surface area contributed by atoms with E-state index in [1.165, 1.54) is 14.2 Å². The summed E-state index contributed by atoms with van der Waals surface area (Å²) in [6.45, 7) is 0. The summed E-state index contributed by atoms with van der Waals surface area (Å²) in [6, 6.07) is 29.4. The fourth-order valence-electron chi connectivity index (χ4n) is 3.50. The second-order valence-electron chi connectivity index (χ2n) is 5.84. The smallest absolute Gasteiger partial charge is 0.298 e. The molecule has 0 atom stereocenters. The molecule has 0 saturated carbocycles. The summed E-state index contributed by atoms with van der Waals surface area (Å²) < 4.78 is 11.1. The summed E-state index contributed by atoms with van der Waals surface area (Å²) in [7, 11) is 2.90. The summed E-state index contributed by atoms with van der Waals surface area (Å²) >= 11 is 0. The van der Waals surface area contributed by atoms with Crippen molar-refractivity contribution in [2.45, 2.75) is 11.4 Å². The van der Waals surface area contributed by atoms with Gasteiger partial charge < -0.3 is 14.6 Å². The van der Waals surface area contributed by atoms with Gasteiger partial charge in [-0.1, -0.05) is 91.0 Å². The molecular weight excluding hydrogens is 312 g/mol. The highest BCUT2D eigenvalue weighted by molar-refractivity contribution is 5.52. The summed E-state index contributed by atoms with van der Waals surface area (Å²) in [4.78, 5) is 0. The van der Waals surface area contributed by atoms with Gasteiger partial charge in [0.1, 0.15) is 5.41 Å². The Morgan fingerprint density at radius 3 is 1.08 bits per heavy atom. The van der Waals surface area contributed by atoms with E-state index in [4.69, 9.17) is 9.47 Å². The van der Waals surface area contributed by atoms with Gasteiger partial charge in [0.05, 0.1) is 0 Å². The quantitative estimate of drug-likeness (QED) is 0.548. The zero-order valence-corrected chi connectivity index (χ0v) is 14.4. The third kappa shape index (κ3) is 2.76. The van der Waals surface area contributed by atoms with Gasteiger partial charge in [-0.25, -0.2) is 0 Å². The molecule has 0 radical (unpaired) electrons. The van der Waals surface area contributed by atoms with Crippen LogP contribution in [0, 0.1) is 0 Å². The largest absolute Gasteiger partial charge is 0.342 e. The minimum absolute atomic E-state index is 0.874. The number of ether oxygens (including phenoxy) is 2. The van der Waals surface area contributed by atoms with Gasteiger partial charge in [0, 0.05) is 14.2 Å². The van der Waals surface area contributed by atoms with Gasteiger partial charge in [-0.3, -0.25) is 0 Å². The van der Waals surface area contributed by atoms with Crippen molar-refractivity contribution in [1.29, 1.82) is 0 Å². The molecule has 0 unspecified atom stereocenters. The maximum absolute atomic E-state index is 11.5. The minimum atomic E-state index is -1.89. The van der Waals surface area contributed by atoms with Crippen LogP contribution in [0.25, 0.3) is 0 Å². The Morgan fingerprint density at radius 2 is 0.840 bits per heavy atom. The Bertz CT molecular complexity index is 685. The summed E-state index contributed by atoms with van der Waals surface area (Å²) in [5, 5.41) is 11.5. The highest BCUT2D eigenvalue weighted by atomic mass is 16.8. The molecular formula is C22H22O3. The topological polar surface area (TPSA) is 38.7 Å². The van der Waals surface area contributed by atoms with E-state index in [0.29, 0.717) is 0 Å². The lowest BCUT2D eigenvalue weighted by atomic mass is 9.67. The van der Waals surface area contributed by atoms with Crippen molar-refractivity contribution in [2.24, 2.45) is 0 Å². The number of methoxy groups -OCH3 is 2. The molecule has 0 aliphatic heterocycles. The van der Waals surface area contributed by atoms with E-state index in [-0.39, 0.29) is 0 Å². The number of hydrogen-bond acceptors (Lipinski definition) is 3. The Kier molecular flexibility index (Phi) is 5.00. The average Bonchev–Trinajstić information content (AvgIpc) is 2.71. The molecule has 0 bridgehead atoms. The van der Waals surface area contributed by atoms with Crippen molar-refractivity contribution in [3.8, 4) is 0 Å².